The van der Waals surface area contributed by atoms with E-state index in [0.29, 0.717) is 22.8 Å². The molecule has 1 aliphatic rings. The molecule has 1 atom stereocenters. The summed E-state index contributed by atoms with van der Waals surface area (Å²) in [5, 5.41) is 20.9. The molecule has 240 valence electrons. The minimum absolute atomic E-state index is 0.0926. The predicted molar refractivity (Wildman–Crippen MR) is 161 cm³/mol. The molecular formula is C24H29N4O12PS3. The van der Waals surface area contributed by atoms with Gasteiger partial charge in [0.05, 0.1) is 0 Å². The van der Waals surface area contributed by atoms with Crippen molar-refractivity contribution in [3.8, 4) is 17.5 Å². The Morgan fingerprint density at radius 1 is 1.16 bits per heavy atom. The van der Waals surface area contributed by atoms with Gasteiger partial charge >= 0.3 is 7.60 Å². The van der Waals surface area contributed by atoms with Gasteiger partial charge in [0.1, 0.15) is 12.0 Å². The molecule has 2 heterocycles. The van der Waals surface area contributed by atoms with E-state index in [-0.39, 0.29) is 60.1 Å². The van der Waals surface area contributed by atoms with Crippen LogP contribution in [0.4, 0.5) is 0 Å². The van der Waals surface area contributed by atoms with Crippen molar-refractivity contribution >= 4 is 70.7 Å². The number of aromatic hydroxyl groups is 2. The van der Waals surface area contributed by atoms with E-state index < -0.39 is 56.9 Å². The number of nitrogens with two attached hydrogens (primary N) is 2. The summed E-state index contributed by atoms with van der Waals surface area (Å²) in [6.45, 7) is 0. The molecule has 0 bridgehead atoms. The number of Topliss-reactive ketones (excluding diaryl/α,β-unsaturated/α-hetero) is 3. The molecule has 2 aromatic rings. The number of aldehydes is 1. The number of carbonyl (C=O) groups is 4. The first-order chi connectivity index (χ1) is 20.7. The van der Waals surface area contributed by atoms with Crippen molar-refractivity contribution in [1.82, 2.24) is 4.68 Å². The fourth-order valence-electron chi connectivity index (χ4n) is 4.20. The van der Waals surface area contributed by atoms with Crippen LogP contribution in [0, 0.1) is 0 Å². The number of amidine groups is 1. The molecule has 44 heavy (non-hydrogen) atoms. The lowest BCUT2D eigenvalue weighted by molar-refractivity contribution is -0.138. The van der Waals surface area contributed by atoms with Crippen LogP contribution in [0.3, 0.4) is 0 Å². The molecule has 16 nitrogen and oxygen atoms in total. The van der Waals surface area contributed by atoms with Crippen LogP contribution in [0.2, 0.25) is 0 Å². The van der Waals surface area contributed by atoms with Crippen LogP contribution >= 0.6 is 31.1 Å². The van der Waals surface area contributed by atoms with Crippen LogP contribution in [0.5, 0.6) is 17.5 Å². The normalized spacial score (nSPS) is 17.4. The Bertz CT molecular complexity index is 1590. The fraction of sp³-hybridized carbons (Fsp3) is 0.375. The highest BCUT2D eigenvalue weighted by Crippen LogP contribution is 2.61. The van der Waals surface area contributed by atoms with Crippen LogP contribution in [0.15, 0.2) is 40.3 Å². The Balaban J connectivity index is 1.96. The van der Waals surface area contributed by atoms with Gasteiger partial charge in [-0.3, -0.25) is 18.9 Å². The Morgan fingerprint density at radius 3 is 2.30 bits per heavy atom. The standard InChI is InChI=1S/C24H29N4O12PS3/c25-22(27-28-21(33)14-17(23(28)34)44(36,37)38)15-2-4-16(5-3-15)39-41(35,40-26)24(18(30)6-11-42-10-1-9-29)19(31)7-12-43-13-8-20(24)32/h2-5,9,14,33-34H,1,6-8,10-13,26H2,(H2,25,27)(H,36,37,38). The van der Waals surface area contributed by atoms with Crippen molar-refractivity contribution in [2.24, 2.45) is 16.7 Å². The van der Waals surface area contributed by atoms with Gasteiger partial charge in [0.2, 0.25) is 11.8 Å². The maximum atomic E-state index is 14.2. The molecule has 7 N–H and O–H groups in total. The van der Waals surface area contributed by atoms with Crippen LogP contribution < -0.4 is 16.2 Å². The highest BCUT2D eigenvalue weighted by Gasteiger charge is 2.67. The van der Waals surface area contributed by atoms with E-state index in [1.807, 2.05) is 0 Å². The molecule has 0 spiro atoms. The first kappa shape index (κ1) is 35.3. The summed E-state index contributed by atoms with van der Waals surface area (Å²) < 4.78 is 56.7. The van der Waals surface area contributed by atoms with Crippen LogP contribution in [-0.4, -0.2) is 85.5 Å². The van der Waals surface area contributed by atoms with E-state index in [0.717, 1.165) is 0 Å². The highest BCUT2D eigenvalue weighted by atomic mass is 32.2. The summed E-state index contributed by atoms with van der Waals surface area (Å²) in [7, 11) is -9.98. The Morgan fingerprint density at radius 2 is 1.77 bits per heavy atom. The lowest BCUT2D eigenvalue weighted by Crippen LogP contribution is -2.55. The highest BCUT2D eigenvalue weighted by molar-refractivity contribution is 7.99. The van der Waals surface area contributed by atoms with Gasteiger partial charge in [0, 0.05) is 54.6 Å². The quantitative estimate of drug-likeness (QED) is 0.0274. The second kappa shape index (κ2) is 14.7. The van der Waals surface area contributed by atoms with Crippen molar-refractivity contribution in [3.05, 3.63) is 35.9 Å². The second-order valence-electron chi connectivity index (χ2n) is 9.09. The molecule has 0 amide bonds. The molecule has 1 aromatic carbocycles. The molecule has 0 aliphatic carbocycles. The average Bonchev–Trinajstić information content (AvgIpc) is 3.25. The second-order valence-corrected chi connectivity index (χ2v) is 15.0. The number of hydrogen-bond acceptors (Lipinski definition) is 15. The van der Waals surface area contributed by atoms with Crippen molar-refractivity contribution < 1.29 is 56.1 Å². The van der Waals surface area contributed by atoms with Crippen molar-refractivity contribution in [3.63, 3.8) is 0 Å². The van der Waals surface area contributed by atoms with Gasteiger partial charge in [0.15, 0.2) is 28.1 Å². The predicted octanol–water partition coefficient (Wildman–Crippen LogP) is 1.46. The Hall–Kier alpha value is -3.19. The zero-order valence-electron chi connectivity index (χ0n) is 22.9. The number of nitrogens with zero attached hydrogens (tertiary/aromatic N) is 2. The van der Waals surface area contributed by atoms with Crippen LogP contribution in [0.25, 0.3) is 0 Å². The number of benzene rings is 1. The van der Waals surface area contributed by atoms with Crippen molar-refractivity contribution in [1.29, 1.82) is 0 Å². The maximum absolute atomic E-state index is 14.2. The SMILES string of the molecule is NOP(=O)(Oc1ccc(C(N)=Nn2c(O)cc(S(=O)(=O)O)c2O)cc1)C1(C(=O)CCSCCC=O)C(=O)CCSCCC1=O. The number of carbonyl (C=O) groups excluding carboxylic acids is 4. The molecule has 1 aromatic heterocycles. The van der Waals surface area contributed by atoms with Gasteiger partial charge in [-0.25, -0.2) is 15.1 Å². The fourth-order valence-corrected chi connectivity index (χ4v) is 8.42. The van der Waals surface area contributed by atoms with Gasteiger partial charge < -0.3 is 25.3 Å². The third-order valence-corrected chi connectivity index (χ3v) is 11.5. The molecule has 0 saturated carbocycles. The van der Waals surface area contributed by atoms with E-state index in [1.54, 1.807) is 0 Å². The van der Waals surface area contributed by atoms with Gasteiger partial charge in [-0.05, 0) is 30.0 Å². The van der Waals surface area contributed by atoms with Crippen molar-refractivity contribution in [2.75, 3.05) is 23.0 Å². The molecule has 3 rings (SSSR count). The third-order valence-electron chi connectivity index (χ3n) is 6.32. The van der Waals surface area contributed by atoms with E-state index >= 15 is 0 Å². The van der Waals surface area contributed by atoms with Crippen LogP contribution in [-0.2, 0) is 38.5 Å². The lowest BCUT2D eigenvalue weighted by atomic mass is 9.88. The Kier molecular flexibility index (Phi) is 11.8. The van der Waals surface area contributed by atoms with E-state index in [2.05, 4.69) is 5.10 Å². The summed E-state index contributed by atoms with van der Waals surface area (Å²) in [6, 6.07) is 5.37. The molecule has 0 radical (unpaired) electrons. The van der Waals surface area contributed by atoms with E-state index in [9.17, 15) is 42.4 Å². The number of hydrogen-bond donors (Lipinski definition) is 5. The van der Waals surface area contributed by atoms with Gasteiger partial charge in [-0.1, -0.05) is 0 Å². The average molecular weight is 693 g/mol. The number of thioether (sulfide) groups is 2. The van der Waals surface area contributed by atoms with Crippen molar-refractivity contribution in [2.45, 2.75) is 35.7 Å². The van der Waals surface area contributed by atoms with E-state index in [4.69, 9.17) is 25.3 Å². The summed E-state index contributed by atoms with van der Waals surface area (Å²) in [5.41, 5.74) is 6.00. The summed E-state index contributed by atoms with van der Waals surface area (Å²) in [6.07, 6.45) is 0.0358. The maximum Gasteiger partial charge on any atom is 0.423 e. The van der Waals surface area contributed by atoms with Gasteiger partial charge in [0.25, 0.3) is 15.3 Å². The molecular weight excluding hydrogens is 663 g/mol. The zero-order valence-corrected chi connectivity index (χ0v) is 26.2. The molecule has 20 heteroatoms. The van der Waals surface area contributed by atoms with Gasteiger partial charge in [-0.15, -0.1) is 5.10 Å². The summed E-state index contributed by atoms with van der Waals surface area (Å²) >= 11 is 2.55. The van der Waals surface area contributed by atoms with E-state index in [1.165, 1.54) is 47.8 Å². The van der Waals surface area contributed by atoms with Gasteiger partial charge in [-0.2, -0.15) is 36.6 Å². The minimum Gasteiger partial charge on any atom is -0.493 e. The molecule has 1 fully saturated rings. The summed E-state index contributed by atoms with van der Waals surface area (Å²) in [4.78, 5) is 50.2. The first-order valence-corrected chi connectivity index (χ1v) is 18.0. The number of ketones is 3. The number of aromatic nitrogens is 1. The minimum atomic E-state index is -5.08. The molecule has 1 saturated heterocycles. The number of rotatable bonds is 14. The summed E-state index contributed by atoms with van der Waals surface area (Å²) in [5.74, 6) is 0.918. The zero-order chi connectivity index (χ0) is 32.7. The topological polar surface area (TPSA) is 268 Å². The Labute approximate surface area is 259 Å². The monoisotopic (exact) mass is 692 g/mol. The first-order valence-electron chi connectivity index (χ1n) is 12.7. The van der Waals surface area contributed by atoms with Crippen LogP contribution in [0.1, 0.15) is 31.2 Å². The smallest absolute Gasteiger partial charge is 0.423 e. The molecule has 1 aliphatic heterocycles. The largest absolute Gasteiger partial charge is 0.493 e. The molecule has 1 unspecified atom stereocenters. The lowest BCUT2D eigenvalue weighted by Gasteiger charge is -2.35. The third kappa shape index (κ3) is 7.36.